The van der Waals surface area contributed by atoms with Crippen molar-refractivity contribution in [1.29, 1.82) is 0 Å². The van der Waals surface area contributed by atoms with Crippen molar-refractivity contribution in [3.8, 4) is 0 Å². The molecule has 2 aliphatic rings. The average Bonchev–Trinajstić information content (AvgIpc) is 2.48. The second kappa shape index (κ2) is 6.89. The molecule has 0 radical (unpaired) electrons. The molecule has 1 unspecified atom stereocenters. The number of carbonyl (C=O) groups is 2. The van der Waals surface area contributed by atoms with Gasteiger partial charge in [0.1, 0.15) is 0 Å². The molecule has 2 N–H and O–H groups in total. The molecule has 0 aliphatic carbocycles. The summed E-state index contributed by atoms with van der Waals surface area (Å²) in [6, 6.07) is 5.76. The number of benzene rings is 1. The highest BCUT2D eigenvalue weighted by atomic mass is 35.5. The van der Waals surface area contributed by atoms with Gasteiger partial charge in [-0.2, -0.15) is 0 Å². The summed E-state index contributed by atoms with van der Waals surface area (Å²) in [6.07, 6.45) is 0. The van der Waals surface area contributed by atoms with E-state index in [1.54, 1.807) is 6.07 Å². The Hall–Kier alpha value is -1.24. The minimum Gasteiger partial charge on any atom is -0.333 e. The number of anilines is 1. The van der Waals surface area contributed by atoms with Gasteiger partial charge in [0.25, 0.3) is 5.91 Å². The van der Waals surface area contributed by atoms with E-state index in [-0.39, 0.29) is 35.5 Å². The number of thioether (sulfide) groups is 1. The third-order valence-electron chi connectivity index (χ3n) is 3.92. The summed E-state index contributed by atoms with van der Waals surface area (Å²) in [6.45, 7) is 6.29. The van der Waals surface area contributed by atoms with Crippen LogP contribution in [0.5, 0.6) is 0 Å². The molecule has 2 atom stereocenters. The van der Waals surface area contributed by atoms with Crippen molar-refractivity contribution < 1.29 is 9.59 Å². The third kappa shape index (κ3) is 3.24. The van der Waals surface area contributed by atoms with Crippen LogP contribution in [0.3, 0.4) is 0 Å². The maximum absolute atomic E-state index is 12.6. The normalized spacial score (nSPS) is 24.1. The minimum absolute atomic E-state index is 0. The average molecular weight is 342 g/mol. The molecule has 3 rings (SSSR count). The molecular formula is C15H20ClN3O2S. The summed E-state index contributed by atoms with van der Waals surface area (Å²) in [5.41, 5.74) is 1.38. The lowest BCUT2D eigenvalue weighted by Crippen LogP contribution is -2.52. The minimum atomic E-state index is -0.0905. The number of nitrogens with zero attached hydrogens (tertiary/aromatic N) is 1. The molecule has 0 bridgehead atoms. The van der Waals surface area contributed by atoms with Crippen LogP contribution in [0.25, 0.3) is 0 Å². The Labute approximate surface area is 140 Å². The number of hydrogen-bond donors (Lipinski definition) is 2. The fourth-order valence-electron chi connectivity index (χ4n) is 2.65. The highest BCUT2D eigenvalue weighted by Crippen LogP contribution is 2.36. The molecule has 0 saturated carbocycles. The molecule has 1 aromatic rings. The van der Waals surface area contributed by atoms with E-state index in [9.17, 15) is 9.59 Å². The van der Waals surface area contributed by atoms with Crippen LogP contribution >= 0.6 is 24.2 Å². The Morgan fingerprint density at radius 2 is 2.14 bits per heavy atom. The molecule has 22 heavy (non-hydrogen) atoms. The van der Waals surface area contributed by atoms with Gasteiger partial charge in [0, 0.05) is 36.1 Å². The van der Waals surface area contributed by atoms with Crippen LogP contribution in [0.1, 0.15) is 24.2 Å². The number of nitrogens with one attached hydrogen (secondary N) is 2. The quantitative estimate of drug-likeness (QED) is 0.820. The number of hydrogen-bond acceptors (Lipinski definition) is 4. The summed E-state index contributed by atoms with van der Waals surface area (Å²) in [5, 5.41) is 6.06. The highest BCUT2D eigenvalue weighted by molar-refractivity contribution is 8.00. The van der Waals surface area contributed by atoms with E-state index < -0.39 is 0 Å². The van der Waals surface area contributed by atoms with Crippen molar-refractivity contribution >= 4 is 41.7 Å². The van der Waals surface area contributed by atoms with Gasteiger partial charge in [-0.3, -0.25) is 9.59 Å². The third-order valence-corrected chi connectivity index (χ3v) is 5.10. The summed E-state index contributed by atoms with van der Waals surface area (Å²) < 4.78 is 0. The summed E-state index contributed by atoms with van der Waals surface area (Å²) >= 11 is 1.53. The van der Waals surface area contributed by atoms with Gasteiger partial charge in [-0.15, -0.1) is 24.2 Å². The van der Waals surface area contributed by atoms with Crippen LogP contribution in [0.4, 0.5) is 5.69 Å². The zero-order valence-corrected chi connectivity index (χ0v) is 14.2. The zero-order chi connectivity index (χ0) is 15.0. The fourth-order valence-corrected chi connectivity index (χ4v) is 3.58. The van der Waals surface area contributed by atoms with E-state index in [2.05, 4.69) is 10.6 Å². The maximum atomic E-state index is 12.6. The number of rotatable bonds is 1. The predicted molar refractivity (Wildman–Crippen MR) is 91.0 cm³/mol. The standard InChI is InChI=1S/C15H19N3O2S.ClH/c1-9-8-16-5-6-18(9)15(20)11-3-4-13-12(7-11)17-14(19)10(2)21-13;/h3-4,7,9-10,16H,5-6,8H2,1-2H3,(H,17,19);1H/t9-,10?;/m1./s1. The van der Waals surface area contributed by atoms with Crippen LogP contribution < -0.4 is 10.6 Å². The second-order valence-electron chi connectivity index (χ2n) is 5.51. The first-order valence-electron chi connectivity index (χ1n) is 7.19. The number of carbonyl (C=O) groups excluding carboxylic acids is 2. The van der Waals surface area contributed by atoms with E-state index in [4.69, 9.17) is 0 Å². The Morgan fingerprint density at radius 3 is 2.86 bits per heavy atom. The highest BCUT2D eigenvalue weighted by Gasteiger charge is 2.27. The van der Waals surface area contributed by atoms with Crippen LogP contribution in [0.2, 0.25) is 0 Å². The summed E-state index contributed by atoms with van der Waals surface area (Å²) in [4.78, 5) is 27.3. The van der Waals surface area contributed by atoms with E-state index in [0.29, 0.717) is 5.56 Å². The molecule has 1 fully saturated rings. The Bertz CT molecular complexity index is 596. The van der Waals surface area contributed by atoms with Crippen molar-refractivity contribution in [2.45, 2.75) is 30.0 Å². The molecule has 120 valence electrons. The van der Waals surface area contributed by atoms with Gasteiger partial charge >= 0.3 is 0 Å². The van der Waals surface area contributed by atoms with Gasteiger partial charge in [0.15, 0.2) is 0 Å². The Kier molecular flexibility index (Phi) is 5.36. The van der Waals surface area contributed by atoms with E-state index >= 15 is 0 Å². The molecule has 0 spiro atoms. The molecule has 2 amide bonds. The fraction of sp³-hybridized carbons (Fsp3) is 0.467. The van der Waals surface area contributed by atoms with Gasteiger partial charge in [0.2, 0.25) is 5.91 Å². The van der Waals surface area contributed by atoms with Crippen LogP contribution in [-0.4, -0.2) is 47.6 Å². The number of piperazine rings is 1. The molecule has 2 heterocycles. The van der Waals surface area contributed by atoms with E-state index in [1.807, 2.05) is 30.9 Å². The van der Waals surface area contributed by atoms with Crippen LogP contribution in [-0.2, 0) is 4.79 Å². The lowest BCUT2D eigenvalue weighted by Gasteiger charge is -2.34. The van der Waals surface area contributed by atoms with Gasteiger partial charge in [-0.1, -0.05) is 0 Å². The molecule has 7 heteroatoms. The van der Waals surface area contributed by atoms with Gasteiger partial charge in [-0.25, -0.2) is 0 Å². The molecule has 1 saturated heterocycles. The number of amides is 2. The molecule has 1 aromatic carbocycles. The first-order chi connectivity index (χ1) is 10.1. The first kappa shape index (κ1) is 17.1. The smallest absolute Gasteiger partial charge is 0.254 e. The van der Waals surface area contributed by atoms with Gasteiger partial charge in [-0.05, 0) is 32.0 Å². The largest absolute Gasteiger partial charge is 0.333 e. The van der Waals surface area contributed by atoms with Crippen molar-refractivity contribution in [1.82, 2.24) is 10.2 Å². The lowest BCUT2D eigenvalue weighted by atomic mass is 10.1. The number of fused-ring (bicyclic) bond motifs is 1. The number of halogens is 1. The first-order valence-corrected chi connectivity index (χ1v) is 8.07. The summed E-state index contributed by atoms with van der Waals surface area (Å²) in [5.74, 6) is 0.0253. The maximum Gasteiger partial charge on any atom is 0.254 e. The van der Waals surface area contributed by atoms with E-state index in [0.717, 1.165) is 30.2 Å². The van der Waals surface area contributed by atoms with Crippen molar-refractivity contribution in [3.05, 3.63) is 23.8 Å². The Morgan fingerprint density at radius 1 is 1.36 bits per heavy atom. The lowest BCUT2D eigenvalue weighted by molar-refractivity contribution is -0.115. The van der Waals surface area contributed by atoms with E-state index in [1.165, 1.54) is 11.8 Å². The van der Waals surface area contributed by atoms with Crippen LogP contribution in [0.15, 0.2) is 23.1 Å². The summed E-state index contributed by atoms with van der Waals surface area (Å²) in [7, 11) is 0. The van der Waals surface area contributed by atoms with Crippen molar-refractivity contribution in [3.63, 3.8) is 0 Å². The predicted octanol–water partition coefficient (Wildman–Crippen LogP) is 1.97. The molecular weight excluding hydrogens is 322 g/mol. The van der Waals surface area contributed by atoms with Gasteiger partial charge in [0.05, 0.1) is 10.9 Å². The zero-order valence-electron chi connectivity index (χ0n) is 12.6. The van der Waals surface area contributed by atoms with Crippen molar-refractivity contribution in [2.24, 2.45) is 0 Å². The topological polar surface area (TPSA) is 61.4 Å². The monoisotopic (exact) mass is 341 g/mol. The van der Waals surface area contributed by atoms with Crippen LogP contribution in [0, 0.1) is 0 Å². The molecule has 2 aliphatic heterocycles. The second-order valence-corrected chi connectivity index (χ2v) is 6.89. The van der Waals surface area contributed by atoms with Gasteiger partial charge < -0.3 is 15.5 Å². The SMILES string of the molecule is CC1Sc2ccc(C(=O)N3CCNC[C@H]3C)cc2NC1=O.Cl. The molecule has 0 aromatic heterocycles. The molecule has 5 nitrogen and oxygen atoms in total. The Balaban J connectivity index is 0.00000176. The van der Waals surface area contributed by atoms with Crippen molar-refractivity contribution in [2.75, 3.05) is 25.0 Å².